The number of hydrogen-bond acceptors (Lipinski definition) is 3. The lowest BCUT2D eigenvalue weighted by Gasteiger charge is -2.09. The number of aromatic nitrogens is 2. The Morgan fingerprint density at radius 3 is 2.54 bits per heavy atom. The minimum Gasteiger partial charge on any atom is -0.308 e. The van der Waals surface area contributed by atoms with Crippen molar-refractivity contribution in [3.63, 3.8) is 0 Å². The van der Waals surface area contributed by atoms with Gasteiger partial charge in [0.1, 0.15) is 0 Å². The number of halogens is 1. The van der Waals surface area contributed by atoms with Gasteiger partial charge in [-0.3, -0.25) is 4.98 Å². The molecule has 2 N–H and O–H groups in total. The number of carbonyl (C=O) groups is 1. The molecule has 0 aromatic carbocycles. The number of anilines is 2. The molecule has 2 rings (SSSR count). The van der Waals surface area contributed by atoms with E-state index in [1.54, 1.807) is 12.3 Å². The molecule has 0 unspecified atom stereocenters. The van der Waals surface area contributed by atoms with E-state index in [9.17, 15) is 9.18 Å². The molecular weight excluding hydrogens is 331 g/mol. The first-order valence-electron chi connectivity index (χ1n) is 8.19. The molecule has 6 heteroatoms. The van der Waals surface area contributed by atoms with E-state index >= 15 is 0 Å². The maximum absolute atomic E-state index is 13.0. The number of allylic oxidation sites excluding steroid dienone is 5. The lowest BCUT2D eigenvalue weighted by Crippen LogP contribution is -2.19. The van der Waals surface area contributed by atoms with Gasteiger partial charge in [0.2, 0.25) is 5.95 Å². The molecule has 0 fully saturated rings. The second-order valence-electron chi connectivity index (χ2n) is 5.45. The van der Waals surface area contributed by atoms with E-state index in [1.165, 1.54) is 12.3 Å². The molecule has 2 heterocycles. The Bertz CT molecular complexity index is 830. The van der Waals surface area contributed by atoms with E-state index in [4.69, 9.17) is 0 Å². The summed E-state index contributed by atoms with van der Waals surface area (Å²) in [4.78, 5) is 19.8. The summed E-state index contributed by atoms with van der Waals surface area (Å²) in [7, 11) is 0. The topological polar surface area (TPSA) is 66.9 Å². The van der Waals surface area contributed by atoms with Crippen molar-refractivity contribution in [1.29, 1.82) is 0 Å². The van der Waals surface area contributed by atoms with Gasteiger partial charge in [-0.15, -0.1) is 0 Å². The SMILES string of the molecule is C=C/C(=C\C=C/C)CCc1cc(NC(=O)Nc2ccnc(F)c2)ccn1. The summed E-state index contributed by atoms with van der Waals surface area (Å²) in [6.07, 6.45) is 12.2. The lowest BCUT2D eigenvalue weighted by molar-refractivity contribution is 0.262. The Morgan fingerprint density at radius 2 is 1.88 bits per heavy atom. The Morgan fingerprint density at radius 1 is 1.19 bits per heavy atom. The van der Waals surface area contributed by atoms with Crippen molar-refractivity contribution in [2.24, 2.45) is 0 Å². The fourth-order valence-corrected chi connectivity index (χ4v) is 2.21. The molecule has 2 aromatic rings. The van der Waals surface area contributed by atoms with Crippen molar-refractivity contribution in [1.82, 2.24) is 9.97 Å². The molecule has 2 aromatic heterocycles. The predicted octanol–water partition coefficient (Wildman–Crippen LogP) is 4.88. The van der Waals surface area contributed by atoms with Crippen molar-refractivity contribution in [3.05, 3.63) is 84.8 Å². The van der Waals surface area contributed by atoms with Crippen LogP contribution in [0.5, 0.6) is 0 Å². The van der Waals surface area contributed by atoms with Crippen LogP contribution in [0.2, 0.25) is 0 Å². The molecule has 0 spiro atoms. The van der Waals surface area contributed by atoms with Gasteiger partial charge >= 0.3 is 6.03 Å². The average Bonchev–Trinajstić information content (AvgIpc) is 2.62. The van der Waals surface area contributed by atoms with Crippen LogP contribution in [-0.2, 0) is 6.42 Å². The summed E-state index contributed by atoms with van der Waals surface area (Å²) in [6.45, 7) is 5.77. The standard InChI is InChI=1S/C20H21FN4O/c1-3-5-6-15(4-2)7-8-16-13-17(9-11-22-16)24-20(26)25-18-10-12-23-19(21)14-18/h3-6,9-14H,2,7-8H2,1H3,(H2,22,23,24,25,26)/b5-3-,15-6+. The summed E-state index contributed by atoms with van der Waals surface area (Å²) in [5, 5.41) is 5.26. The van der Waals surface area contributed by atoms with E-state index < -0.39 is 12.0 Å². The van der Waals surface area contributed by atoms with Crippen molar-refractivity contribution >= 4 is 17.4 Å². The zero-order chi connectivity index (χ0) is 18.8. The van der Waals surface area contributed by atoms with Crippen molar-refractivity contribution in [2.75, 3.05) is 10.6 Å². The van der Waals surface area contributed by atoms with Crippen LogP contribution < -0.4 is 10.6 Å². The Kier molecular flexibility index (Phi) is 7.24. The highest BCUT2D eigenvalue weighted by molar-refractivity contribution is 5.99. The fraction of sp³-hybridized carbons (Fsp3) is 0.150. The van der Waals surface area contributed by atoms with Gasteiger partial charge in [-0.05, 0) is 43.5 Å². The first kappa shape index (κ1) is 19.1. The molecule has 0 aliphatic heterocycles. The summed E-state index contributed by atoms with van der Waals surface area (Å²) < 4.78 is 13.0. The first-order valence-corrected chi connectivity index (χ1v) is 8.19. The Balaban J connectivity index is 1.95. The minimum absolute atomic E-state index is 0.328. The second-order valence-corrected chi connectivity index (χ2v) is 5.45. The molecule has 2 amide bonds. The number of nitrogens with zero attached hydrogens (tertiary/aromatic N) is 2. The summed E-state index contributed by atoms with van der Waals surface area (Å²) in [6, 6.07) is 5.69. The maximum Gasteiger partial charge on any atom is 0.323 e. The average molecular weight is 352 g/mol. The largest absolute Gasteiger partial charge is 0.323 e. The van der Waals surface area contributed by atoms with Crippen molar-refractivity contribution in [3.8, 4) is 0 Å². The number of hydrogen-bond donors (Lipinski definition) is 2. The third-order valence-corrected chi connectivity index (χ3v) is 3.49. The highest BCUT2D eigenvalue weighted by Crippen LogP contribution is 2.14. The number of urea groups is 1. The molecule has 0 saturated heterocycles. The molecule has 0 aliphatic rings. The van der Waals surface area contributed by atoms with Crippen LogP contribution in [0.1, 0.15) is 19.0 Å². The molecular formula is C20H21FN4O. The molecule has 0 bridgehead atoms. The van der Waals surface area contributed by atoms with Crippen LogP contribution >= 0.6 is 0 Å². The number of aryl methyl sites for hydroxylation is 1. The zero-order valence-electron chi connectivity index (χ0n) is 14.6. The minimum atomic E-state index is -0.655. The number of pyridine rings is 2. The highest BCUT2D eigenvalue weighted by Gasteiger charge is 2.05. The van der Waals surface area contributed by atoms with Gasteiger partial charge in [0, 0.05) is 35.5 Å². The third kappa shape index (κ3) is 6.32. The van der Waals surface area contributed by atoms with Crippen LogP contribution in [0.15, 0.2) is 73.1 Å². The molecule has 134 valence electrons. The van der Waals surface area contributed by atoms with E-state index in [2.05, 4.69) is 27.2 Å². The summed E-state index contributed by atoms with van der Waals surface area (Å²) in [5.74, 6) is -0.655. The number of amides is 2. The van der Waals surface area contributed by atoms with Crippen molar-refractivity contribution < 1.29 is 9.18 Å². The monoisotopic (exact) mass is 352 g/mol. The number of rotatable bonds is 7. The highest BCUT2D eigenvalue weighted by atomic mass is 19.1. The van der Waals surface area contributed by atoms with Crippen LogP contribution in [0, 0.1) is 5.95 Å². The third-order valence-electron chi connectivity index (χ3n) is 3.49. The van der Waals surface area contributed by atoms with E-state index in [0.717, 1.165) is 30.2 Å². The molecule has 0 atom stereocenters. The Labute approximate surface area is 152 Å². The number of carbonyl (C=O) groups excluding carboxylic acids is 1. The van der Waals surface area contributed by atoms with Crippen LogP contribution in [0.25, 0.3) is 0 Å². The molecule has 0 saturated carbocycles. The van der Waals surface area contributed by atoms with E-state index in [1.807, 2.05) is 37.3 Å². The smallest absolute Gasteiger partial charge is 0.308 e. The molecule has 0 radical (unpaired) electrons. The fourth-order valence-electron chi connectivity index (χ4n) is 2.21. The van der Waals surface area contributed by atoms with E-state index in [0.29, 0.717) is 11.4 Å². The van der Waals surface area contributed by atoms with Gasteiger partial charge in [-0.1, -0.05) is 30.9 Å². The predicted molar refractivity (Wildman–Crippen MR) is 102 cm³/mol. The van der Waals surface area contributed by atoms with Gasteiger partial charge in [0.05, 0.1) is 0 Å². The number of nitrogens with one attached hydrogen (secondary N) is 2. The summed E-state index contributed by atoms with van der Waals surface area (Å²) in [5.41, 5.74) is 2.90. The molecule has 0 aliphatic carbocycles. The summed E-state index contributed by atoms with van der Waals surface area (Å²) >= 11 is 0. The first-order chi connectivity index (χ1) is 12.6. The molecule has 26 heavy (non-hydrogen) atoms. The Hall–Kier alpha value is -3.28. The second kappa shape index (κ2) is 9.88. The van der Waals surface area contributed by atoms with Gasteiger partial charge in [-0.2, -0.15) is 4.39 Å². The van der Waals surface area contributed by atoms with Gasteiger partial charge < -0.3 is 10.6 Å². The van der Waals surface area contributed by atoms with Gasteiger partial charge in [0.15, 0.2) is 0 Å². The lowest BCUT2D eigenvalue weighted by atomic mass is 10.1. The quantitative estimate of drug-likeness (QED) is 0.551. The van der Waals surface area contributed by atoms with Gasteiger partial charge in [0.25, 0.3) is 0 Å². The van der Waals surface area contributed by atoms with Gasteiger partial charge in [-0.25, -0.2) is 9.78 Å². The van der Waals surface area contributed by atoms with E-state index in [-0.39, 0.29) is 0 Å². The van der Waals surface area contributed by atoms with Crippen LogP contribution in [0.4, 0.5) is 20.6 Å². The normalized spacial score (nSPS) is 11.4. The zero-order valence-corrected chi connectivity index (χ0v) is 14.6. The maximum atomic E-state index is 13.0. The van der Waals surface area contributed by atoms with Crippen molar-refractivity contribution in [2.45, 2.75) is 19.8 Å². The molecule has 5 nitrogen and oxygen atoms in total. The van der Waals surface area contributed by atoms with Crippen LogP contribution in [-0.4, -0.2) is 16.0 Å². The van der Waals surface area contributed by atoms with Crippen LogP contribution in [0.3, 0.4) is 0 Å².